The minimum atomic E-state index is -0.805. The van der Waals surface area contributed by atoms with Gasteiger partial charge in [0, 0.05) is 13.5 Å². The molecule has 146 valence electrons. The second kappa shape index (κ2) is 8.28. The Hall–Kier alpha value is -3.45. The first kappa shape index (κ1) is 18.9. The van der Waals surface area contributed by atoms with Crippen LogP contribution in [0.2, 0.25) is 0 Å². The summed E-state index contributed by atoms with van der Waals surface area (Å²) in [5.41, 5.74) is 1.93. The summed E-state index contributed by atoms with van der Waals surface area (Å²) in [6.45, 7) is 0. The van der Waals surface area contributed by atoms with Crippen LogP contribution >= 0.6 is 11.3 Å². The minimum Gasteiger partial charge on any atom is -0.459 e. The molecule has 2 amide bonds. The van der Waals surface area contributed by atoms with Gasteiger partial charge >= 0.3 is 0 Å². The Morgan fingerprint density at radius 3 is 2.55 bits per heavy atom. The lowest BCUT2D eigenvalue weighted by Crippen LogP contribution is -2.42. The molecule has 2 heterocycles. The summed E-state index contributed by atoms with van der Waals surface area (Å²) < 4.78 is 8.07. The van der Waals surface area contributed by atoms with Gasteiger partial charge in [0.05, 0.1) is 16.5 Å². The number of fused-ring (bicyclic) bond motifs is 1. The van der Waals surface area contributed by atoms with Crippen molar-refractivity contribution in [2.45, 2.75) is 12.5 Å². The predicted molar refractivity (Wildman–Crippen MR) is 111 cm³/mol. The molecule has 1 N–H and O–H groups in total. The topological polar surface area (TPSA) is 76.6 Å². The molecule has 7 heteroatoms. The van der Waals surface area contributed by atoms with Crippen molar-refractivity contribution in [2.75, 3.05) is 0 Å². The average Bonchev–Trinajstić information content (AvgIpc) is 3.38. The standard InChI is InChI=1S/C22H19N3O3S/c1-25-17-10-5-6-12-19(17)29-22(25)24-20(26)16(14-15-8-3-2-4-9-15)23-21(27)18-11-7-13-28-18/h2-13,16H,14H2,1H3,(H,23,27). The molecule has 0 aliphatic carbocycles. The van der Waals surface area contributed by atoms with Crippen molar-refractivity contribution >= 4 is 33.4 Å². The number of aryl methyl sites for hydroxylation is 1. The van der Waals surface area contributed by atoms with Gasteiger partial charge in [-0.25, -0.2) is 0 Å². The molecule has 0 bridgehead atoms. The van der Waals surface area contributed by atoms with E-state index < -0.39 is 17.9 Å². The average molecular weight is 405 g/mol. The molecule has 0 aliphatic heterocycles. The van der Waals surface area contributed by atoms with Crippen LogP contribution in [0.25, 0.3) is 10.2 Å². The smallest absolute Gasteiger partial charge is 0.287 e. The van der Waals surface area contributed by atoms with Crippen LogP contribution < -0.4 is 10.1 Å². The van der Waals surface area contributed by atoms with Gasteiger partial charge in [0.15, 0.2) is 10.6 Å². The second-order valence-electron chi connectivity index (χ2n) is 6.55. The normalized spacial score (nSPS) is 12.8. The van der Waals surface area contributed by atoms with Gasteiger partial charge in [-0.15, -0.1) is 0 Å². The Morgan fingerprint density at radius 1 is 1.07 bits per heavy atom. The van der Waals surface area contributed by atoms with Crippen molar-refractivity contribution in [3.8, 4) is 0 Å². The van der Waals surface area contributed by atoms with E-state index >= 15 is 0 Å². The van der Waals surface area contributed by atoms with E-state index in [2.05, 4.69) is 10.3 Å². The van der Waals surface area contributed by atoms with E-state index in [0.29, 0.717) is 11.2 Å². The lowest BCUT2D eigenvalue weighted by Gasteiger charge is -2.14. The van der Waals surface area contributed by atoms with E-state index in [9.17, 15) is 9.59 Å². The molecule has 2 aromatic heterocycles. The number of hydrogen-bond donors (Lipinski definition) is 1. The third-order valence-electron chi connectivity index (χ3n) is 4.55. The minimum absolute atomic E-state index is 0.156. The van der Waals surface area contributed by atoms with Gasteiger partial charge in [-0.1, -0.05) is 53.8 Å². The summed E-state index contributed by atoms with van der Waals surface area (Å²) >= 11 is 1.44. The van der Waals surface area contributed by atoms with Gasteiger partial charge in [0.1, 0.15) is 6.04 Å². The number of thiazole rings is 1. The maximum Gasteiger partial charge on any atom is 0.287 e. The molecule has 0 fully saturated rings. The first-order valence-electron chi connectivity index (χ1n) is 9.13. The number of rotatable bonds is 5. The van der Waals surface area contributed by atoms with Crippen LogP contribution in [0.5, 0.6) is 0 Å². The number of nitrogens with one attached hydrogen (secondary N) is 1. The Labute approximate surface area is 171 Å². The molecule has 1 atom stereocenters. The number of amides is 2. The zero-order valence-corrected chi connectivity index (χ0v) is 16.6. The van der Waals surface area contributed by atoms with E-state index in [1.165, 1.54) is 17.6 Å². The van der Waals surface area contributed by atoms with Crippen LogP contribution in [0.4, 0.5) is 0 Å². The summed E-state index contributed by atoms with van der Waals surface area (Å²) in [4.78, 5) is 30.4. The highest BCUT2D eigenvalue weighted by molar-refractivity contribution is 7.16. The van der Waals surface area contributed by atoms with E-state index in [1.54, 1.807) is 12.1 Å². The van der Waals surface area contributed by atoms with E-state index in [4.69, 9.17) is 4.42 Å². The third-order valence-corrected chi connectivity index (χ3v) is 5.66. The number of carbonyl (C=O) groups excluding carboxylic acids is 2. The molecule has 0 saturated heterocycles. The third kappa shape index (κ3) is 4.20. The lowest BCUT2D eigenvalue weighted by molar-refractivity contribution is -0.119. The van der Waals surface area contributed by atoms with Gasteiger partial charge in [0.25, 0.3) is 11.8 Å². The van der Waals surface area contributed by atoms with Gasteiger partial charge in [-0.3, -0.25) is 9.59 Å². The summed E-state index contributed by atoms with van der Waals surface area (Å²) in [6.07, 6.45) is 1.76. The first-order valence-corrected chi connectivity index (χ1v) is 9.95. The zero-order valence-electron chi connectivity index (χ0n) is 15.7. The molecule has 0 spiro atoms. The van der Waals surface area contributed by atoms with Crippen molar-refractivity contribution in [1.82, 2.24) is 9.88 Å². The van der Waals surface area contributed by atoms with Gasteiger partial charge in [0.2, 0.25) is 0 Å². The highest BCUT2D eigenvalue weighted by Gasteiger charge is 2.23. The largest absolute Gasteiger partial charge is 0.459 e. The fourth-order valence-corrected chi connectivity index (χ4v) is 4.07. The molecule has 29 heavy (non-hydrogen) atoms. The Balaban J connectivity index is 1.66. The van der Waals surface area contributed by atoms with E-state index in [0.717, 1.165) is 15.8 Å². The van der Waals surface area contributed by atoms with Gasteiger partial charge in [-0.2, -0.15) is 4.99 Å². The summed E-state index contributed by atoms with van der Waals surface area (Å²) in [5, 5.41) is 2.76. The maximum atomic E-state index is 13.0. The molecule has 1 unspecified atom stereocenters. The quantitative estimate of drug-likeness (QED) is 0.553. The Kier molecular flexibility index (Phi) is 5.39. The monoisotopic (exact) mass is 405 g/mol. The van der Waals surface area contributed by atoms with Gasteiger partial charge < -0.3 is 14.3 Å². The number of carbonyl (C=O) groups is 2. The molecule has 0 radical (unpaired) electrons. The number of nitrogens with zero attached hydrogens (tertiary/aromatic N) is 2. The SMILES string of the molecule is Cn1c(=NC(=O)C(Cc2ccccc2)NC(=O)c2ccco2)sc2ccccc21. The van der Waals surface area contributed by atoms with Crippen molar-refractivity contribution < 1.29 is 14.0 Å². The summed E-state index contributed by atoms with van der Waals surface area (Å²) in [5.74, 6) is -0.695. The van der Waals surface area contributed by atoms with Crippen LogP contribution in [0.15, 0.2) is 82.4 Å². The highest BCUT2D eigenvalue weighted by atomic mass is 32.1. The zero-order chi connectivity index (χ0) is 20.2. The second-order valence-corrected chi connectivity index (χ2v) is 7.56. The number of aromatic nitrogens is 1. The lowest BCUT2D eigenvalue weighted by atomic mass is 10.1. The van der Waals surface area contributed by atoms with Crippen LogP contribution in [0.3, 0.4) is 0 Å². The Bertz CT molecular complexity index is 1210. The maximum absolute atomic E-state index is 13.0. The Morgan fingerprint density at radius 2 is 1.83 bits per heavy atom. The van der Waals surface area contributed by atoms with Crippen LogP contribution in [-0.4, -0.2) is 22.4 Å². The van der Waals surface area contributed by atoms with Crippen molar-refractivity contribution in [2.24, 2.45) is 12.0 Å². The van der Waals surface area contributed by atoms with Crippen molar-refractivity contribution in [1.29, 1.82) is 0 Å². The molecule has 4 rings (SSSR count). The molecule has 0 aliphatic rings. The predicted octanol–water partition coefficient (Wildman–Crippen LogP) is 3.30. The van der Waals surface area contributed by atoms with Crippen molar-refractivity contribution in [3.63, 3.8) is 0 Å². The van der Waals surface area contributed by atoms with E-state index in [-0.39, 0.29) is 5.76 Å². The number of para-hydroxylation sites is 1. The van der Waals surface area contributed by atoms with Crippen LogP contribution in [-0.2, 0) is 18.3 Å². The fourth-order valence-electron chi connectivity index (χ4n) is 3.05. The van der Waals surface area contributed by atoms with Crippen LogP contribution in [0, 0.1) is 0 Å². The molecule has 6 nitrogen and oxygen atoms in total. The fraction of sp³-hybridized carbons (Fsp3) is 0.136. The number of benzene rings is 2. The molecule has 2 aromatic carbocycles. The van der Waals surface area contributed by atoms with Crippen LogP contribution in [0.1, 0.15) is 16.1 Å². The summed E-state index contributed by atoms with van der Waals surface area (Å²) in [6, 6.07) is 19.8. The number of furan rings is 1. The number of hydrogen-bond acceptors (Lipinski definition) is 4. The molecule has 4 aromatic rings. The molecule has 0 saturated carbocycles. The molecular formula is C22H19N3O3S. The highest BCUT2D eigenvalue weighted by Crippen LogP contribution is 2.15. The molecular weight excluding hydrogens is 386 g/mol. The van der Waals surface area contributed by atoms with E-state index in [1.807, 2.05) is 66.2 Å². The summed E-state index contributed by atoms with van der Waals surface area (Å²) in [7, 11) is 1.87. The first-order chi connectivity index (χ1) is 14.1. The van der Waals surface area contributed by atoms with Gasteiger partial charge in [-0.05, 0) is 29.8 Å². The van der Waals surface area contributed by atoms with Crippen molar-refractivity contribution in [3.05, 3.63) is 89.1 Å².